The summed E-state index contributed by atoms with van der Waals surface area (Å²) in [4.78, 5) is 0. The first-order valence-electron chi connectivity index (χ1n) is 6.25. The van der Waals surface area contributed by atoms with Crippen molar-refractivity contribution in [2.75, 3.05) is 19.6 Å². The third-order valence-corrected chi connectivity index (χ3v) is 6.18. The molecule has 19 heavy (non-hydrogen) atoms. The summed E-state index contributed by atoms with van der Waals surface area (Å²) >= 11 is 5.93. The van der Waals surface area contributed by atoms with Crippen molar-refractivity contribution < 1.29 is 8.42 Å². The van der Waals surface area contributed by atoms with Crippen LogP contribution < -0.4 is 5.73 Å². The summed E-state index contributed by atoms with van der Waals surface area (Å²) in [5.74, 6) is 0.633. The number of aromatic nitrogens is 2. The molecule has 1 aliphatic rings. The van der Waals surface area contributed by atoms with E-state index >= 15 is 0 Å². The van der Waals surface area contributed by atoms with Crippen molar-refractivity contribution in [3.63, 3.8) is 0 Å². The zero-order chi connectivity index (χ0) is 14.2. The van der Waals surface area contributed by atoms with Gasteiger partial charge in [0, 0.05) is 20.1 Å². The van der Waals surface area contributed by atoms with E-state index in [1.54, 1.807) is 7.05 Å². The third-order valence-electron chi connectivity index (χ3n) is 3.81. The highest BCUT2D eigenvalue weighted by molar-refractivity contribution is 7.89. The molecule has 0 spiro atoms. The minimum absolute atomic E-state index is 0.0551. The molecule has 0 bridgehead atoms. The van der Waals surface area contributed by atoms with Crippen LogP contribution in [0.5, 0.6) is 0 Å². The SMILES string of the molecule is CC1CCN(S(=O)(=O)c2c(Cl)cnn2C)CC1CN. The Balaban J connectivity index is 2.31. The summed E-state index contributed by atoms with van der Waals surface area (Å²) < 4.78 is 28.0. The lowest BCUT2D eigenvalue weighted by molar-refractivity contribution is 0.202. The van der Waals surface area contributed by atoms with Crippen LogP contribution in [0.25, 0.3) is 0 Å². The van der Waals surface area contributed by atoms with Crippen molar-refractivity contribution >= 4 is 21.6 Å². The van der Waals surface area contributed by atoms with Crippen molar-refractivity contribution in [2.45, 2.75) is 18.4 Å². The fraction of sp³-hybridized carbons (Fsp3) is 0.727. The highest BCUT2D eigenvalue weighted by Crippen LogP contribution is 2.29. The molecule has 1 saturated heterocycles. The zero-order valence-corrected chi connectivity index (χ0v) is 12.7. The van der Waals surface area contributed by atoms with Gasteiger partial charge in [-0.05, 0) is 24.8 Å². The lowest BCUT2D eigenvalue weighted by atomic mass is 9.88. The number of piperidine rings is 1. The molecular weight excluding hydrogens is 288 g/mol. The van der Waals surface area contributed by atoms with Gasteiger partial charge in [-0.25, -0.2) is 8.42 Å². The molecule has 0 aromatic carbocycles. The van der Waals surface area contributed by atoms with Gasteiger partial charge >= 0.3 is 0 Å². The first-order valence-corrected chi connectivity index (χ1v) is 8.07. The maximum Gasteiger partial charge on any atom is 0.261 e. The summed E-state index contributed by atoms with van der Waals surface area (Å²) in [5, 5.41) is 4.10. The lowest BCUT2D eigenvalue weighted by Gasteiger charge is -2.35. The minimum Gasteiger partial charge on any atom is -0.330 e. The molecular formula is C11H19ClN4O2S. The Labute approximate surface area is 118 Å². The van der Waals surface area contributed by atoms with Gasteiger partial charge in [0.1, 0.15) is 0 Å². The molecule has 8 heteroatoms. The molecule has 2 atom stereocenters. The van der Waals surface area contributed by atoms with Gasteiger partial charge in [0.15, 0.2) is 5.03 Å². The van der Waals surface area contributed by atoms with Crippen LogP contribution in [0.15, 0.2) is 11.2 Å². The van der Waals surface area contributed by atoms with Gasteiger partial charge in [0.2, 0.25) is 0 Å². The Morgan fingerprint density at radius 1 is 1.58 bits per heavy atom. The van der Waals surface area contributed by atoms with E-state index in [0.29, 0.717) is 25.6 Å². The van der Waals surface area contributed by atoms with Gasteiger partial charge in [-0.3, -0.25) is 4.68 Å². The fourth-order valence-electron chi connectivity index (χ4n) is 2.45. The van der Waals surface area contributed by atoms with E-state index in [0.717, 1.165) is 6.42 Å². The summed E-state index contributed by atoms with van der Waals surface area (Å²) in [5.41, 5.74) is 5.71. The highest BCUT2D eigenvalue weighted by atomic mass is 35.5. The van der Waals surface area contributed by atoms with E-state index < -0.39 is 10.0 Å². The predicted molar refractivity (Wildman–Crippen MR) is 73.3 cm³/mol. The number of nitrogens with two attached hydrogens (primary N) is 1. The predicted octanol–water partition coefficient (Wildman–Crippen LogP) is 0.679. The smallest absolute Gasteiger partial charge is 0.261 e. The Bertz CT molecular complexity index is 538. The number of halogens is 1. The standard InChI is InChI=1S/C11H19ClN4O2S/c1-8-3-4-16(7-9(8)5-13)19(17,18)11-10(12)6-14-15(11)2/h6,8-9H,3-5,7,13H2,1-2H3. The first kappa shape index (κ1) is 14.8. The van der Waals surface area contributed by atoms with Gasteiger partial charge in [0.25, 0.3) is 10.0 Å². The minimum atomic E-state index is -3.60. The second-order valence-electron chi connectivity index (χ2n) is 5.05. The zero-order valence-electron chi connectivity index (χ0n) is 11.1. The number of nitrogens with zero attached hydrogens (tertiary/aromatic N) is 3. The molecule has 0 amide bonds. The molecule has 2 heterocycles. The van der Waals surface area contributed by atoms with Gasteiger partial charge < -0.3 is 5.73 Å². The molecule has 6 nitrogen and oxygen atoms in total. The van der Waals surface area contributed by atoms with Crippen LogP contribution in [0.2, 0.25) is 5.02 Å². The lowest BCUT2D eigenvalue weighted by Crippen LogP contribution is -2.45. The maximum atomic E-state index is 12.6. The Morgan fingerprint density at radius 3 is 2.79 bits per heavy atom. The van der Waals surface area contributed by atoms with Gasteiger partial charge in [-0.15, -0.1) is 0 Å². The number of hydrogen-bond donors (Lipinski definition) is 1. The Morgan fingerprint density at radius 2 is 2.26 bits per heavy atom. The van der Waals surface area contributed by atoms with E-state index in [1.165, 1.54) is 15.2 Å². The maximum absolute atomic E-state index is 12.6. The molecule has 1 aromatic rings. The van der Waals surface area contributed by atoms with Crippen molar-refractivity contribution in [1.29, 1.82) is 0 Å². The van der Waals surface area contributed by atoms with E-state index in [4.69, 9.17) is 17.3 Å². The average Bonchev–Trinajstić information content (AvgIpc) is 2.69. The van der Waals surface area contributed by atoms with Crippen LogP contribution in [0.1, 0.15) is 13.3 Å². The van der Waals surface area contributed by atoms with Crippen LogP contribution in [0, 0.1) is 11.8 Å². The second kappa shape index (κ2) is 5.40. The van der Waals surface area contributed by atoms with Crippen molar-refractivity contribution in [2.24, 2.45) is 24.6 Å². The van der Waals surface area contributed by atoms with Gasteiger partial charge in [-0.2, -0.15) is 9.40 Å². The molecule has 108 valence electrons. The molecule has 2 N–H and O–H groups in total. The Kier molecular flexibility index (Phi) is 4.20. The average molecular weight is 307 g/mol. The quantitative estimate of drug-likeness (QED) is 0.890. The highest BCUT2D eigenvalue weighted by Gasteiger charge is 2.35. The number of rotatable bonds is 3. The van der Waals surface area contributed by atoms with E-state index in [-0.39, 0.29) is 16.0 Å². The van der Waals surface area contributed by atoms with Crippen molar-refractivity contribution in [3.8, 4) is 0 Å². The van der Waals surface area contributed by atoms with Crippen LogP contribution in [-0.4, -0.2) is 42.1 Å². The summed E-state index contributed by atoms with van der Waals surface area (Å²) in [6.45, 7) is 3.55. The number of sulfonamides is 1. The van der Waals surface area contributed by atoms with Gasteiger partial charge in [0.05, 0.1) is 11.2 Å². The van der Waals surface area contributed by atoms with E-state index in [1.807, 2.05) is 0 Å². The fourth-order valence-corrected chi connectivity index (χ4v) is 4.57. The molecule has 1 aromatic heterocycles. The van der Waals surface area contributed by atoms with Gasteiger partial charge in [-0.1, -0.05) is 18.5 Å². The number of hydrogen-bond acceptors (Lipinski definition) is 4. The monoisotopic (exact) mass is 306 g/mol. The molecule has 0 radical (unpaired) electrons. The third kappa shape index (κ3) is 2.65. The normalized spacial score (nSPS) is 25.7. The Hall–Kier alpha value is -0.630. The van der Waals surface area contributed by atoms with Crippen LogP contribution in [0.3, 0.4) is 0 Å². The molecule has 0 aliphatic carbocycles. The van der Waals surface area contributed by atoms with Crippen LogP contribution in [0.4, 0.5) is 0 Å². The van der Waals surface area contributed by atoms with E-state index in [2.05, 4.69) is 12.0 Å². The first-order chi connectivity index (χ1) is 8.87. The summed E-state index contributed by atoms with van der Waals surface area (Å²) in [7, 11) is -2.03. The largest absolute Gasteiger partial charge is 0.330 e. The number of aryl methyl sites for hydroxylation is 1. The summed E-state index contributed by atoms with van der Waals surface area (Å²) in [6, 6.07) is 0. The molecule has 1 aliphatic heterocycles. The van der Waals surface area contributed by atoms with E-state index in [9.17, 15) is 8.42 Å². The van der Waals surface area contributed by atoms with Crippen LogP contribution >= 0.6 is 11.6 Å². The van der Waals surface area contributed by atoms with Crippen molar-refractivity contribution in [1.82, 2.24) is 14.1 Å². The van der Waals surface area contributed by atoms with Crippen LogP contribution in [-0.2, 0) is 17.1 Å². The topological polar surface area (TPSA) is 81.2 Å². The molecule has 1 fully saturated rings. The molecule has 0 saturated carbocycles. The summed E-state index contributed by atoms with van der Waals surface area (Å²) in [6.07, 6.45) is 2.16. The molecule has 2 rings (SSSR count). The second-order valence-corrected chi connectivity index (χ2v) is 7.31. The van der Waals surface area contributed by atoms with Crippen molar-refractivity contribution in [3.05, 3.63) is 11.2 Å². The molecule has 2 unspecified atom stereocenters.